The summed E-state index contributed by atoms with van der Waals surface area (Å²) in [6, 6.07) is 9.04. The smallest absolute Gasteiger partial charge is 0.227 e. The maximum absolute atomic E-state index is 12.7. The second-order valence-corrected chi connectivity index (χ2v) is 7.44. The van der Waals surface area contributed by atoms with Crippen molar-refractivity contribution in [1.29, 1.82) is 0 Å². The van der Waals surface area contributed by atoms with Crippen LogP contribution in [0.4, 0.5) is 0 Å². The number of halogens is 2. The van der Waals surface area contributed by atoms with Crippen molar-refractivity contribution in [3.63, 3.8) is 0 Å². The van der Waals surface area contributed by atoms with Crippen molar-refractivity contribution in [1.82, 2.24) is 14.7 Å². The van der Waals surface area contributed by atoms with Crippen molar-refractivity contribution in [3.05, 3.63) is 68.8 Å². The number of carbonyl (C=O) groups excluding carboxylic acids is 1. The SMILES string of the molecule is Cc1ccc(CN(C)C(=O)Cc2c(C)nn(-c3ccc(Cl)cc3Cl)c2C)o1. The molecular weight excluding hydrogens is 385 g/mol. The first-order chi connectivity index (χ1) is 12.8. The lowest BCUT2D eigenvalue weighted by atomic mass is 10.1. The van der Waals surface area contributed by atoms with Gasteiger partial charge in [-0.05, 0) is 51.1 Å². The fourth-order valence-corrected chi connectivity index (χ4v) is 3.49. The van der Waals surface area contributed by atoms with Crippen LogP contribution < -0.4 is 0 Å². The van der Waals surface area contributed by atoms with Crippen LogP contribution in [0.15, 0.2) is 34.7 Å². The Morgan fingerprint density at radius 1 is 1.19 bits per heavy atom. The Balaban J connectivity index is 1.81. The lowest BCUT2D eigenvalue weighted by Gasteiger charge is -2.16. The minimum absolute atomic E-state index is 0.00277. The summed E-state index contributed by atoms with van der Waals surface area (Å²) >= 11 is 12.3. The molecule has 0 radical (unpaired) electrons. The Morgan fingerprint density at radius 3 is 2.56 bits per heavy atom. The molecule has 0 unspecified atom stereocenters. The second-order valence-electron chi connectivity index (χ2n) is 6.60. The van der Waals surface area contributed by atoms with Crippen molar-refractivity contribution >= 4 is 29.1 Å². The Labute approximate surface area is 168 Å². The summed E-state index contributed by atoms with van der Waals surface area (Å²) < 4.78 is 7.31. The van der Waals surface area contributed by atoms with Crippen molar-refractivity contribution in [2.24, 2.45) is 0 Å². The molecule has 1 amide bonds. The number of aromatic nitrogens is 2. The first-order valence-electron chi connectivity index (χ1n) is 8.56. The number of benzene rings is 1. The third-order valence-corrected chi connectivity index (χ3v) is 5.06. The lowest BCUT2D eigenvalue weighted by molar-refractivity contribution is -0.129. The van der Waals surface area contributed by atoms with Gasteiger partial charge in [0.2, 0.25) is 5.91 Å². The zero-order valence-corrected chi connectivity index (χ0v) is 17.2. The first-order valence-corrected chi connectivity index (χ1v) is 9.31. The van der Waals surface area contributed by atoms with E-state index in [2.05, 4.69) is 5.10 Å². The first kappa shape index (κ1) is 19.5. The van der Waals surface area contributed by atoms with Crippen LogP contribution in [0, 0.1) is 20.8 Å². The number of carbonyl (C=O) groups is 1. The predicted molar refractivity (Wildman–Crippen MR) is 107 cm³/mol. The fourth-order valence-electron chi connectivity index (χ4n) is 3.00. The van der Waals surface area contributed by atoms with Crippen LogP contribution in [0.3, 0.4) is 0 Å². The average molecular weight is 406 g/mol. The van der Waals surface area contributed by atoms with Crippen molar-refractivity contribution in [2.45, 2.75) is 33.7 Å². The van der Waals surface area contributed by atoms with Crippen LogP contribution in [0.2, 0.25) is 10.0 Å². The maximum Gasteiger partial charge on any atom is 0.227 e. The van der Waals surface area contributed by atoms with Gasteiger partial charge in [0.15, 0.2) is 0 Å². The van der Waals surface area contributed by atoms with Crippen LogP contribution in [0.5, 0.6) is 0 Å². The van der Waals surface area contributed by atoms with E-state index in [0.29, 0.717) is 16.6 Å². The molecule has 0 saturated heterocycles. The largest absolute Gasteiger partial charge is 0.464 e. The maximum atomic E-state index is 12.7. The van der Waals surface area contributed by atoms with Crippen molar-refractivity contribution < 1.29 is 9.21 Å². The number of nitrogens with zero attached hydrogens (tertiary/aromatic N) is 3. The lowest BCUT2D eigenvalue weighted by Crippen LogP contribution is -2.27. The molecule has 3 aromatic rings. The fraction of sp³-hybridized carbons (Fsp3) is 0.300. The summed E-state index contributed by atoms with van der Waals surface area (Å²) in [6.45, 7) is 6.14. The van der Waals surface area contributed by atoms with Crippen LogP contribution in [-0.2, 0) is 17.8 Å². The van der Waals surface area contributed by atoms with E-state index < -0.39 is 0 Å². The van der Waals surface area contributed by atoms with Crippen LogP contribution in [0.1, 0.15) is 28.5 Å². The molecule has 1 aromatic carbocycles. The zero-order chi connectivity index (χ0) is 19.7. The topological polar surface area (TPSA) is 51.3 Å². The van der Waals surface area contributed by atoms with E-state index in [1.807, 2.05) is 39.0 Å². The van der Waals surface area contributed by atoms with E-state index in [-0.39, 0.29) is 12.3 Å². The third-order valence-electron chi connectivity index (χ3n) is 4.52. The molecule has 7 heteroatoms. The Bertz CT molecular complexity index is 991. The third kappa shape index (κ3) is 4.20. The van der Waals surface area contributed by atoms with E-state index in [0.717, 1.165) is 34.2 Å². The minimum Gasteiger partial charge on any atom is -0.464 e. The molecule has 142 valence electrons. The molecule has 0 spiro atoms. The number of hydrogen-bond acceptors (Lipinski definition) is 3. The van der Waals surface area contributed by atoms with Gasteiger partial charge in [0, 0.05) is 23.3 Å². The number of hydrogen-bond donors (Lipinski definition) is 0. The highest BCUT2D eigenvalue weighted by Crippen LogP contribution is 2.27. The average Bonchev–Trinajstić information content (AvgIpc) is 3.12. The normalized spacial score (nSPS) is 11.0. The summed E-state index contributed by atoms with van der Waals surface area (Å²) in [5, 5.41) is 5.65. The van der Waals surface area contributed by atoms with E-state index in [1.54, 1.807) is 28.8 Å². The zero-order valence-electron chi connectivity index (χ0n) is 15.7. The van der Waals surface area contributed by atoms with Crippen LogP contribution >= 0.6 is 23.2 Å². The van der Waals surface area contributed by atoms with Crippen molar-refractivity contribution in [2.75, 3.05) is 7.05 Å². The summed E-state index contributed by atoms with van der Waals surface area (Å²) in [4.78, 5) is 14.3. The van der Waals surface area contributed by atoms with Crippen molar-refractivity contribution in [3.8, 4) is 5.69 Å². The van der Waals surface area contributed by atoms with Gasteiger partial charge in [-0.15, -0.1) is 0 Å². The standard InChI is InChI=1S/C20H21Cl2N3O2/c1-12-5-7-16(27-12)11-24(4)20(26)10-17-13(2)23-25(14(17)3)19-8-6-15(21)9-18(19)22/h5-9H,10-11H2,1-4H3. The number of rotatable bonds is 5. The highest BCUT2D eigenvalue weighted by atomic mass is 35.5. The number of aryl methyl sites for hydroxylation is 2. The molecule has 0 fully saturated rings. The highest BCUT2D eigenvalue weighted by molar-refractivity contribution is 6.35. The quantitative estimate of drug-likeness (QED) is 0.606. The molecule has 0 aliphatic heterocycles. The Morgan fingerprint density at radius 2 is 1.93 bits per heavy atom. The van der Waals surface area contributed by atoms with Gasteiger partial charge in [0.1, 0.15) is 11.5 Å². The van der Waals surface area contributed by atoms with E-state index in [4.69, 9.17) is 27.6 Å². The monoisotopic (exact) mass is 405 g/mol. The molecule has 0 atom stereocenters. The highest BCUT2D eigenvalue weighted by Gasteiger charge is 2.20. The second kappa shape index (κ2) is 7.79. The summed E-state index contributed by atoms with van der Waals surface area (Å²) in [5.74, 6) is 1.59. The molecule has 2 aromatic heterocycles. The minimum atomic E-state index is -0.00277. The number of amides is 1. The molecular formula is C20H21Cl2N3O2. The number of likely N-dealkylation sites (N-methyl/N-ethyl adjacent to an activating group) is 1. The van der Waals surface area contributed by atoms with Gasteiger partial charge < -0.3 is 9.32 Å². The summed E-state index contributed by atoms with van der Waals surface area (Å²) in [7, 11) is 1.77. The predicted octanol–water partition coefficient (Wildman–Crippen LogP) is 4.90. The van der Waals surface area contributed by atoms with Crippen LogP contribution in [0.25, 0.3) is 5.69 Å². The van der Waals surface area contributed by atoms with Gasteiger partial charge >= 0.3 is 0 Å². The molecule has 0 saturated carbocycles. The molecule has 0 aliphatic rings. The number of furan rings is 1. The van der Waals surface area contributed by atoms with E-state index in [9.17, 15) is 4.79 Å². The molecule has 2 heterocycles. The summed E-state index contributed by atoms with van der Waals surface area (Å²) in [5.41, 5.74) is 3.31. The van der Waals surface area contributed by atoms with Gasteiger partial charge in [-0.1, -0.05) is 23.2 Å². The van der Waals surface area contributed by atoms with Gasteiger partial charge in [0.05, 0.1) is 29.4 Å². The van der Waals surface area contributed by atoms with E-state index >= 15 is 0 Å². The molecule has 0 N–H and O–H groups in total. The molecule has 3 rings (SSSR count). The Kier molecular flexibility index (Phi) is 5.63. The van der Waals surface area contributed by atoms with Gasteiger partial charge in [0.25, 0.3) is 0 Å². The molecule has 5 nitrogen and oxygen atoms in total. The molecule has 27 heavy (non-hydrogen) atoms. The Hall–Kier alpha value is -2.24. The van der Waals surface area contributed by atoms with Gasteiger partial charge in [-0.3, -0.25) is 4.79 Å². The molecule has 0 aliphatic carbocycles. The molecule has 0 bridgehead atoms. The van der Waals surface area contributed by atoms with Gasteiger partial charge in [-0.25, -0.2) is 4.68 Å². The summed E-state index contributed by atoms with van der Waals surface area (Å²) in [6.07, 6.45) is 0.263. The van der Waals surface area contributed by atoms with E-state index in [1.165, 1.54) is 0 Å². The van der Waals surface area contributed by atoms with Gasteiger partial charge in [-0.2, -0.15) is 5.10 Å². The van der Waals surface area contributed by atoms with Crippen LogP contribution in [-0.4, -0.2) is 27.6 Å².